The van der Waals surface area contributed by atoms with Crippen LogP contribution in [0.2, 0.25) is 0 Å². The van der Waals surface area contributed by atoms with Gasteiger partial charge in [0.2, 0.25) is 5.79 Å². The number of cyclic esters (lactones) is 1. The molecular formula is C51H79NO14. The fraction of sp³-hybridized carbons (Fsp3) is 0.745. The molecule has 2 bridgehead atoms. The summed E-state index contributed by atoms with van der Waals surface area (Å²) >= 11 is 0. The smallest absolute Gasteiger partial charge is 0.329 e. The first-order valence-electron chi connectivity index (χ1n) is 24.1. The van der Waals surface area contributed by atoms with Gasteiger partial charge in [0, 0.05) is 58.5 Å². The molecule has 372 valence electrons. The van der Waals surface area contributed by atoms with Crippen LogP contribution in [0.4, 0.5) is 0 Å². The Bertz CT molecular complexity index is 1770. The van der Waals surface area contributed by atoms with Crippen molar-refractivity contribution >= 4 is 29.2 Å². The fourth-order valence-electron chi connectivity index (χ4n) is 10.1. The standard InChI is InChI=1S/C51H79NO14/c1-30-15-11-10-12-16-31(2)42(62-7)27-38-20-18-35(6)51(61,66-38)48(58)49(59)52-22-14-13-17-39(52)50(60)65-43(33(4)25-36-19-21-40(54)44(26-36)63-8)28-41(55)32(3)24-34(5)45(56)47(64-9)46(57)37(23-30)29-53/h10-12,15-16,24,30,32-33,35-40,42-45,47,53-54,56,61H,13-14,17-23,25-29H2,1-9H3/b12-10+,15-11+,31-16+,34-24+/t30-,32-,33-,35-,36+,37?,38+,39+,40-,42+,43+,44-,45-,47-,51-/m1/s1. The van der Waals surface area contributed by atoms with Crippen LogP contribution in [0.1, 0.15) is 119 Å². The number of carbonyl (C=O) groups excluding carboxylic acids is 5. The van der Waals surface area contributed by atoms with Crippen molar-refractivity contribution in [3.63, 3.8) is 0 Å². The molecular weight excluding hydrogens is 851 g/mol. The summed E-state index contributed by atoms with van der Waals surface area (Å²) in [5, 5.41) is 44.2. The minimum Gasteiger partial charge on any atom is -0.460 e. The van der Waals surface area contributed by atoms with Crippen molar-refractivity contribution in [2.24, 2.45) is 35.5 Å². The number of esters is 1. The van der Waals surface area contributed by atoms with E-state index in [9.17, 15) is 44.4 Å². The van der Waals surface area contributed by atoms with Crippen LogP contribution in [0.15, 0.2) is 47.6 Å². The monoisotopic (exact) mass is 930 g/mol. The van der Waals surface area contributed by atoms with Crippen LogP contribution < -0.4 is 0 Å². The van der Waals surface area contributed by atoms with Crippen LogP contribution in [0, 0.1) is 35.5 Å². The highest BCUT2D eigenvalue weighted by molar-refractivity contribution is 6.39. The highest BCUT2D eigenvalue weighted by Gasteiger charge is 2.53. The lowest BCUT2D eigenvalue weighted by Crippen LogP contribution is -2.61. The topological polar surface area (TPSA) is 216 Å². The molecule has 0 aromatic carbocycles. The Morgan fingerprint density at radius 1 is 0.864 bits per heavy atom. The number of Topliss-reactive ketones (excluding diaryl/α,β-unsaturated/α-hetero) is 3. The molecule has 3 heterocycles. The van der Waals surface area contributed by atoms with E-state index in [-0.39, 0.29) is 55.4 Å². The maximum atomic E-state index is 14.4. The van der Waals surface area contributed by atoms with Gasteiger partial charge in [-0.05, 0) is 107 Å². The zero-order valence-corrected chi connectivity index (χ0v) is 40.8. The van der Waals surface area contributed by atoms with Crippen LogP contribution in [0.25, 0.3) is 0 Å². The molecule has 0 aromatic heterocycles. The number of hydrogen-bond donors (Lipinski definition) is 4. The van der Waals surface area contributed by atoms with Gasteiger partial charge >= 0.3 is 5.97 Å². The summed E-state index contributed by atoms with van der Waals surface area (Å²) in [6.45, 7) is 10.2. The Kier molecular flexibility index (Phi) is 21.6. The van der Waals surface area contributed by atoms with E-state index < -0.39 is 96.3 Å². The van der Waals surface area contributed by atoms with E-state index >= 15 is 0 Å². The minimum atomic E-state index is -2.44. The first kappa shape index (κ1) is 55.2. The van der Waals surface area contributed by atoms with Crippen LogP contribution >= 0.6 is 0 Å². The van der Waals surface area contributed by atoms with E-state index in [0.717, 1.165) is 5.57 Å². The number of aliphatic hydroxyl groups excluding tert-OH is 3. The summed E-state index contributed by atoms with van der Waals surface area (Å²) in [5.74, 6) is -8.93. The number of hydrogen-bond acceptors (Lipinski definition) is 14. The summed E-state index contributed by atoms with van der Waals surface area (Å²) in [6.07, 6.45) is 10.1. The van der Waals surface area contributed by atoms with E-state index in [0.29, 0.717) is 63.4 Å². The first-order valence-corrected chi connectivity index (χ1v) is 24.1. The number of amides is 1. The summed E-state index contributed by atoms with van der Waals surface area (Å²) < 4.78 is 29.3. The molecule has 1 saturated carbocycles. The second kappa shape index (κ2) is 25.8. The van der Waals surface area contributed by atoms with Gasteiger partial charge in [0.15, 0.2) is 5.78 Å². The Morgan fingerprint density at radius 2 is 1.59 bits per heavy atom. The molecule has 3 aliphatic heterocycles. The van der Waals surface area contributed by atoms with Gasteiger partial charge in [0.05, 0.1) is 31.0 Å². The number of allylic oxidation sites excluding steroid dienone is 6. The number of rotatable bonds is 7. The van der Waals surface area contributed by atoms with E-state index in [1.807, 2.05) is 51.2 Å². The Labute approximate surface area is 392 Å². The van der Waals surface area contributed by atoms with E-state index in [1.165, 1.54) is 12.0 Å². The Morgan fingerprint density at radius 3 is 2.26 bits per heavy atom. The predicted octanol–water partition coefficient (Wildman–Crippen LogP) is 5.15. The van der Waals surface area contributed by atoms with Crippen molar-refractivity contribution in [1.29, 1.82) is 0 Å². The van der Waals surface area contributed by atoms with Crippen molar-refractivity contribution < 1.29 is 68.1 Å². The number of fused-ring (bicyclic) bond motifs is 3. The Hall–Kier alpha value is -3.41. The SMILES string of the molecule is CO[C@H]1C[C@@H]2CC[C@@H](C)[C@@](O)(O2)C(=O)C(=O)N2CCCC[C@H]2C(=O)O[C@H]([C@H](C)C[C@@H]2CC[C@@H](O)[C@H](OC)C2)CC(=O)[C@H](C)/C=C(\C)[C@@H](O)[C@@H](OC)C(=O)C(CO)C[C@H](C)/C=C/C=C/C=C/1C. The first-order chi connectivity index (χ1) is 31.3. The maximum absolute atomic E-state index is 14.4. The largest absolute Gasteiger partial charge is 0.460 e. The number of ether oxygens (including phenoxy) is 5. The molecule has 4 N–H and O–H groups in total. The molecule has 4 aliphatic rings. The van der Waals surface area contributed by atoms with Gasteiger partial charge < -0.3 is 49.0 Å². The lowest BCUT2D eigenvalue weighted by atomic mass is 9.78. The second-order valence-electron chi connectivity index (χ2n) is 19.6. The third-order valence-corrected chi connectivity index (χ3v) is 14.5. The van der Waals surface area contributed by atoms with Crippen molar-refractivity contribution in [2.45, 2.75) is 173 Å². The van der Waals surface area contributed by atoms with E-state index in [4.69, 9.17) is 23.7 Å². The van der Waals surface area contributed by atoms with Crippen molar-refractivity contribution in [2.75, 3.05) is 34.5 Å². The molecule has 15 heteroatoms. The highest BCUT2D eigenvalue weighted by Crippen LogP contribution is 2.38. The maximum Gasteiger partial charge on any atom is 0.329 e. The third kappa shape index (κ3) is 14.3. The van der Waals surface area contributed by atoms with E-state index in [2.05, 4.69) is 0 Å². The normalized spacial score (nSPS) is 40.0. The molecule has 4 rings (SSSR count). The quantitative estimate of drug-likeness (QED) is 0.148. The third-order valence-electron chi connectivity index (χ3n) is 14.5. The number of ketones is 3. The molecule has 3 fully saturated rings. The number of nitrogens with zero attached hydrogens (tertiary/aromatic N) is 1. The molecule has 15 nitrogen and oxygen atoms in total. The van der Waals surface area contributed by atoms with Gasteiger partial charge in [-0.15, -0.1) is 0 Å². The molecule has 66 heavy (non-hydrogen) atoms. The summed E-state index contributed by atoms with van der Waals surface area (Å²) in [7, 11) is 4.43. The number of carbonyl (C=O) groups is 5. The minimum absolute atomic E-state index is 0.0744. The second-order valence-corrected chi connectivity index (χ2v) is 19.6. The summed E-state index contributed by atoms with van der Waals surface area (Å²) in [5.41, 5.74) is 1.16. The number of piperidine rings is 1. The van der Waals surface area contributed by atoms with Crippen LogP contribution in [-0.4, -0.2) is 144 Å². The lowest BCUT2D eigenvalue weighted by molar-refractivity contribution is -0.265. The molecule has 0 radical (unpaired) electrons. The molecule has 1 unspecified atom stereocenters. The zero-order valence-electron chi connectivity index (χ0n) is 40.8. The lowest BCUT2D eigenvalue weighted by Gasteiger charge is -2.42. The van der Waals surface area contributed by atoms with Crippen molar-refractivity contribution in [3.8, 4) is 0 Å². The predicted molar refractivity (Wildman–Crippen MR) is 247 cm³/mol. The van der Waals surface area contributed by atoms with Gasteiger partial charge in [-0.1, -0.05) is 64.2 Å². The molecule has 1 aliphatic carbocycles. The van der Waals surface area contributed by atoms with Crippen LogP contribution in [0.5, 0.6) is 0 Å². The Balaban J connectivity index is 1.71. The van der Waals surface area contributed by atoms with Gasteiger partial charge in [-0.3, -0.25) is 19.2 Å². The average Bonchev–Trinajstić information content (AvgIpc) is 3.30. The fourth-order valence-corrected chi connectivity index (χ4v) is 10.1. The van der Waals surface area contributed by atoms with Crippen LogP contribution in [-0.2, 0) is 47.7 Å². The van der Waals surface area contributed by atoms with Crippen LogP contribution in [0.3, 0.4) is 0 Å². The van der Waals surface area contributed by atoms with Gasteiger partial charge in [-0.25, -0.2) is 4.79 Å². The van der Waals surface area contributed by atoms with Gasteiger partial charge in [0.25, 0.3) is 11.7 Å². The average molecular weight is 930 g/mol. The molecule has 1 amide bonds. The summed E-state index contributed by atoms with van der Waals surface area (Å²) in [4.78, 5) is 71.9. The van der Waals surface area contributed by atoms with Gasteiger partial charge in [-0.2, -0.15) is 0 Å². The summed E-state index contributed by atoms with van der Waals surface area (Å²) in [6, 6.07) is -1.16. The zero-order chi connectivity index (χ0) is 48.9. The molecule has 0 spiro atoms. The van der Waals surface area contributed by atoms with E-state index in [1.54, 1.807) is 41.1 Å². The molecule has 15 atom stereocenters. The highest BCUT2D eigenvalue weighted by atomic mass is 16.6. The molecule has 0 aromatic rings. The number of methoxy groups -OCH3 is 3. The number of aliphatic hydroxyl groups is 4. The molecule has 2 saturated heterocycles. The van der Waals surface area contributed by atoms with Crippen molar-refractivity contribution in [3.05, 3.63) is 47.6 Å². The van der Waals surface area contributed by atoms with Gasteiger partial charge in [0.1, 0.15) is 30.1 Å². The van der Waals surface area contributed by atoms with Crippen molar-refractivity contribution in [1.82, 2.24) is 4.90 Å².